The van der Waals surface area contributed by atoms with Crippen LogP contribution >= 0.6 is 0 Å². The quantitative estimate of drug-likeness (QED) is 0.138. The van der Waals surface area contributed by atoms with Crippen molar-refractivity contribution in [1.29, 1.82) is 5.41 Å². The molecule has 0 saturated carbocycles. The fourth-order valence-electron chi connectivity index (χ4n) is 4.01. The standard InChI is InChI=1S/C26H26N4O4.C2H6/c1-29-10-2-3-11-30-25(31)15-4-7-18(21(12-15)26(32)33)24-19-8-5-16(27)13-22(19)34-23-14-17(28)6-9-20(23)24;1-2/h4-9,12-14,27,29H,2-3,10-11,28H2,1H3,(H,30,31)(H,32,33);1-2H3. The summed E-state index contributed by atoms with van der Waals surface area (Å²) in [5.74, 6) is -1.02. The lowest BCUT2D eigenvalue weighted by molar-refractivity contribution is 0.0697. The molecular formula is C28H32N4O4. The number of aromatic carboxylic acids is 1. The molecule has 2 aromatic carbocycles. The Morgan fingerprint density at radius 1 is 0.972 bits per heavy atom. The molecule has 1 aliphatic carbocycles. The number of benzene rings is 3. The summed E-state index contributed by atoms with van der Waals surface area (Å²) >= 11 is 0. The van der Waals surface area contributed by atoms with E-state index in [1.807, 2.05) is 20.9 Å². The van der Waals surface area contributed by atoms with Crippen molar-refractivity contribution in [2.45, 2.75) is 26.7 Å². The maximum Gasteiger partial charge on any atom is 0.336 e. The van der Waals surface area contributed by atoms with Gasteiger partial charge in [0.15, 0.2) is 0 Å². The number of carbonyl (C=O) groups is 2. The Labute approximate surface area is 210 Å². The fraction of sp³-hybridized carbons (Fsp3) is 0.250. The number of nitrogen functional groups attached to an aromatic ring is 1. The smallest absolute Gasteiger partial charge is 0.336 e. The monoisotopic (exact) mass is 488 g/mol. The van der Waals surface area contributed by atoms with E-state index in [0.717, 1.165) is 19.4 Å². The molecule has 0 aromatic heterocycles. The minimum absolute atomic E-state index is 0.00316. The van der Waals surface area contributed by atoms with E-state index in [-0.39, 0.29) is 22.4 Å². The van der Waals surface area contributed by atoms with Gasteiger partial charge in [0.25, 0.3) is 5.91 Å². The van der Waals surface area contributed by atoms with E-state index in [1.165, 1.54) is 6.07 Å². The van der Waals surface area contributed by atoms with E-state index in [1.54, 1.807) is 48.5 Å². The zero-order valence-corrected chi connectivity index (χ0v) is 20.8. The maximum absolute atomic E-state index is 12.6. The number of carbonyl (C=O) groups excluding carboxylic acids is 1. The Kier molecular flexibility index (Phi) is 8.81. The topological polar surface area (TPSA) is 141 Å². The second-order valence-corrected chi connectivity index (χ2v) is 8.08. The third kappa shape index (κ3) is 5.72. The molecule has 1 heterocycles. The van der Waals surface area contributed by atoms with E-state index in [0.29, 0.717) is 45.7 Å². The van der Waals surface area contributed by atoms with Crippen LogP contribution in [0.4, 0.5) is 5.69 Å². The van der Waals surface area contributed by atoms with Crippen LogP contribution in [0.15, 0.2) is 59.0 Å². The molecule has 2 aromatic rings. The van der Waals surface area contributed by atoms with Crippen molar-refractivity contribution in [3.63, 3.8) is 0 Å². The van der Waals surface area contributed by atoms with Crippen molar-refractivity contribution in [2.24, 2.45) is 0 Å². The highest BCUT2D eigenvalue weighted by atomic mass is 16.4. The summed E-state index contributed by atoms with van der Waals surface area (Å²) in [6.07, 6.45) is 1.75. The molecule has 8 nitrogen and oxygen atoms in total. The van der Waals surface area contributed by atoms with Crippen LogP contribution in [0.1, 0.15) is 47.4 Å². The number of hydrogen-bond donors (Lipinski definition) is 5. The molecule has 0 fully saturated rings. The van der Waals surface area contributed by atoms with Crippen LogP contribution < -0.4 is 21.7 Å². The van der Waals surface area contributed by atoms with Gasteiger partial charge < -0.3 is 31.3 Å². The molecule has 8 heteroatoms. The van der Waals surface area contributed by atoms with Crippen LogP contribution in [0.2, 0.25) is 0 Å². The highest BCUT2D eigenvalue weighted by Crippen LogP contribution is 2.41. The van der Waals surface area contributed by atoms with Crippen molar-refractivity contribution in [3.05, 3.63) is 71.1 Å². The van der Waals surface area contributed by atoms with Crippen LogP contribution in [-0.4, -0.2) is 37.1 Å². The average molecular weight is 489 g/mol. The van der Waals surface area contributed by atoms with E-state index in [9.17, 15) is 14.7 Å². The van der Waals surface area contributed by atoms with Gasteiger partial charge in [-0.05, 0) is 68.4 Å². The van der Waals surface area contributed by atoms with Gasteiger partial charge in [-0.15, -0.1) is 0 Å². The molecule has 0 spiro atoms. The normalized spacial score (nSPS) is 10.6. The minimum Gasteiger partial charge on any atom is -0.478 e. The largest absolute Gasteiger partial charge is 0.478 e. The minimum atomic E-state index is -1.15. The summed E-state index contributed by atoms with van der Waals surface area (Å²) in [7, 11) is 1.88. The molecule has 0 radical (unpaired) electrons. The predicted molar refractivity (Wildman–Crippen MR) is 142 cm³/mol. The van der Waals surface area contributed by atoms with Gasteiger partial charge in [0.1, 0.15) is 11.3 Å². The molecule has 0 unspecified atom stereocenters. The van der Waals surface area contributed by atoms with E-state index < -0.39 is 5.97 Å². The Bertz CT molecular complexity index is 1410. The third-order valence-corrected chi connectivity index (χ3v) is 5.67. The first kappa shape index (κ1) is 26.4. The molecule has 0 bridgehead atoms. The number of anilines is 1. The summed E-state index contributed by atoms with van der Waals surface area (Å²) in [6, 6.07) is 14.8. The number of nitrogens with one attached hydrogen (secondary N) is 3. The fourth-order valence-corrected chi connectivity index (χ4v) is 4.01. The Balaban J connectivity index is 0.00000176. The molecule has 0 atom stereocenters. The third-order valence-electron chi connectivity index (χ3n) is 5.67. The molecular weight excluding hydrogens is 456 g/mol. The first-order valence-corrected chi connectivity index (χ1v) is 12.0. The maximum atomic E-state index is 12.6. The number of carboxylic acids is 1. The van der Waals surface area contributed by atoms with E-state index in [4.69, 9.17) is 15.6 Å². The Hall–Kier alpha value is -4.17. The second kappa shape index (κ2) is 12.0. The summed E-state index contributed by atoms with van der Waals surface area (Å²) in [5.41, 5.74) is 8.97. The SMILES string of the molecule is CC.CNCCCCNC(=O)c1ccc(-c2c3ccc(=N)cc-3oc3cc(N)ccc23)c(C(=O)O)c1. The molecule has 2 aliphatic rings. The summed E-state index contributed by atoms with van der Waals surface area (Å²) in [6.45, 7) is 5.38. The van der Waals surface area contributed by atoms with Crippen LogP contribution in [0, 0.1) is 5.41 Å². The average Bonchev–Trinajstić information content (AvgIpc) is 2.87. The predicted octanol–water partition coefficient (Wildman–Crippen LogP) is 4.72. The van der Waals surface area contributed by atoms with Gasteiger partial charge in [-0.25, -0.2) is 4.79 Å². The number of amides is 1. The Morgan fingerprint density at radius 3 is 2.42 bits per heavy atom. The van der Waals surface area contributed by atoms with Gasteiger partial charge in [-0.2, -0.15) is 0 Å². The first-order valence-electron chi connectivity index (χ1n) is 12.0. The van der Waals surface area contributed by atoms with Crippen molar-refractivity contribution in [1.82, 2.24) is 10.6 Å². The molecule has 36 heavy (non-hydrogen) atoms. The number of unbranched alkanes of at least 4 members (excludes halogenated alkanes) is 1. The number of nitrogens with two attached hydrogens (primary N) is 1. The molecule has 4 rings (SSSR count). The van der Waals surface area contributed by atoms with Gasteiger partial charge in [0.05, 0.1) is 10.9 Å². The number of rotatable bonds is 8. The van der Waals surface area contributed by atoms with Crippen LogP contribution in [0.25, 0.3) is 33.4 Å². The molecule has 6 N–H and O–H groups in total. The first-order chi connectivity index (χ1) is 17.4. The van der Waals surface area contributed by atoms with Crippen LogP contribution in [0.5, 0.6) is 0 Å². The van der Waals surface area contributed by atoms with Crippen molar-refractivity contribution in [3.8, 4) is 22.5 Å². The summed E-state index contributed by atoms with van der Waals surface area (Å²) < 4.78 is 5.99. The van der Waals surface area contributed by atoms with Gasteiger partial charge in [0, 0.05) is 46.4 Å². The summed E-state index contributed by atoms with van der Waals surface area (Å²) in [5, 5.41) is 24.8. The summed E-state index contributed by atoms with van der Waals surface area (Å²) in [4.78, 5) is 24.9. The van der Waals surface area contributed by atoms with Crippen molar-refractivity contribution >= 4 is 28.5 Å². The van der Waals surface area contributed by atoms with Crippen LogP contribution in [-0.2, 0) is 0 Å². The lowest BCUT2D eigenvalue weighted by Gasteiger charge is -2.17. The van der Waals surface area contributed by atoms with E-state index >= 15 is 0 Å². The van der Waals surface area contributed by atoms with Crippen molar-refractivity contribution < 1.29 is 19.1 Å². The number of carboxylic acid groups (broad SMARTS) is 1. The van der Waals surface area contributed by atoms with Crippen molar-refractivity contribution in [2.75, 3.05) is 25.9 Å². The van der Waals surface area contributed by atoms with E-state index in [2.05, 4.69) is 10.6 Å². The van der Waals surface area contributed by atoms with Gasteiger partial charge >= 0.3 is 5.97 Å². The highest BCUT2D eigenvalue weighted by molar-refractivity contribution is 6.09. The lowest BCUT2D eigenvalue weighted by atomic mass is 9.89. The van der Waals surface area contributed by atoms with Gasteiger partial charge in [-0.1, -0.05) is 19.9 Å². The molecule has 188 valence electrons. The van der Waals surface area contributed by atoms with Gasteiger partial charge in [-0.3, -0.25) is 4.79 Å². The Morgan fingerprint density at radius 2 is 1.69 bits per heavy atom. The number of hydrogen-bond acceptors (Lipinski definition) is 6. The second-order valence-electron chi connectivity index (χ2n) is 8.08. The van der Waals surface area contributed by atoms with Gasteiger partial charge in [0.2, 0.25) is 0 Å². The zero-order chi connectivity index (χ0) is 26.2. The molecule has 0 saturated heterocycles. The highest BCUT2D eigenvalue weighted by Gasteiger charge is 2.22. The van der Waals surface area contributed by atoms with Crippen LogP contribution in [0.3, 0.4) is 0 Å². The number of fused-ring (bicyclic) bond motifs is 2. The zero-order valence-electron chi connectivity index (χ0n) is 20.8. The molecule has 1 aliphatic heterocycles. The lowest BCUT2D eigenvalue weighted by Crippen LogP contribution is -2.25. The molecule has 1 amide bonds.